The van der Waals surface area contributed by atoms with Crippen LogP contribution >= 0.6 is 11.6 Å². The van der Waals surface area contributed by atoms with E-state index < -0.39 is 46.0 Å². The van der Waals surface area contributed by atoms with Gasteiger partial charge in [-0.15, -0.1) is 11.6 Å². The number of hydrogen-bond donors (Lipinski definition) is 2. The van der Waals surface area contributed by atoms with Crippen LogP contribution in [0.15, 0.2) is 11.6 Å². The monoisotopic (exact) mass is 470 g/mol. The SMILES string of the molecule is C[C@]12CCC(=O)C=C1CC[C@H]1[C@@H]3C[C@@H](OCC4CO4)[C@](O)(C(=O)CCl)[C@@]3(C)C[C@H](O)C12F. The van der Waals surface area contributed by atoms with Gasteiger partial charge in [-0.2, -0.15) is 0 Å². The average molecular weight is 471 g/mol. The average Bonchev–Trinajstić information content (AvgIpc) is 3.55. The van der Waals surface area contributed by atoms with Crippen molar-refractivity contribution in [3.63, 3.8) is 0 Å². The highest BCUT2D eigenvalue weighted by molar-refractivity contribution is 6.29. The van der Waals surface area contributed by atoms with Crippen molar-refractivity contribution in [2.75, 3.05) is 19.1 Å². The van der Waals surface area contributed by atoms with Crippen LogP contribution in [-0.4, -0.2) is 70.5 Å². The minimum atomic E-state index is -1.94. The topological polar surface area (TPSA) is 96.4 Å². The van der Waals surface area contributed by atoms with Gasteiger partial charge in [0.25, 0.3) is 0 Å². The number of epoxide rings is 1. The Kier molecular flexibility index (Phi) is 5.24. The summed E-state index contributed by atoms with van der Waals surface area (Å²) in [6, 6.07) is 0. The molecule has 1 heterocycles. The molecule has 4 fully saturated rings. The Labute approximate surface area is 192 Å². The summed E-state index contributed by atoms with van der Waals surface area (Å²) in [5.74, 6) is -1.85. The summed E-state index contributed by atoms with van der Waals surface area (Å²) < 4.78 is 28.4. The van der Waals surface area contributed by atoms with Crippen molar-refractivity contribution in [2.45, 2.75) is 82.0 Å². The van der Waals surface area contributed by atoms with Crippen LogP contribution in [0.1, 0.15) is 52.4 Å². The van der Waals surface area contributed by atoms with Crippen LogP contribution in [0.5, 0.6) is 0 Å². The molecular formula is C24H32ClFO6. The summed E-state index contributed by atoms with van der Waals surface area (Å²) in [6.07, 6.45) is 1.20. The molecule has 2 unspecified atom stereocenters. The van der Waals surface area contributed by atoms with E-state index in [0.717, 1.165) is 5.57 Å². The van der Waals surface area contributed by atoms with Crippen molar-refractivity contribution in [3.8, 4) is 0 Å². The number of carbonyl (C=O) groups is 2. The van der Waals surface area contributed by atoms with Crippen LogP contribution in [0.2, 0.25) is 0 Å². The quantitative estimate of drug-likeness (QED) is 0.473. The summed E-state index contributed by atoms with van der Waals surface area (Å²) in [5.41, 5.74) is -5.09. The molecule has 1 aliphatic heterocycles. The fourth-order valence-corrected chi connectivity index (χ4v) is 7.94. The van der Waals surface area contributed by atoms with Crippen molar-refractivity contribution in [1.82, 2.24) is 0 Å². The zero-order chi connectivity index (χ0) is 23.1. The molecule has 5 aliphatic rings. The van der Waals surface area contributed by atoms with E-state index in [1.165, 1.54) is 0 Å². The Bertz CT molecular complexity index is 875. The maximum atomic E-state index is 17.2. The van der Waals surface area contributed by atoms with Crippen molar-refractivity contribution < 1.29 is 33.7 Å². The van der Waals surface area contributed by atoms with Gasteiger partial charge in [0.1, 0.15) is 11.8 Å². The number of alkyl halides is 2. The zero-order valence-electron chi connectivity index (χ0n) is 18.6. The lowest BCUT2D eigenvalue weighted by molar-refractivity contribution is -0.230. The Morgan fingerprint density at radius 3 is 2.72 bits per heavy atom. The van der Waals surface area contributed by atoms with E-state index in [4.69, 9.17) is 21.1 Å². The highest BCUT2D eigenvalue weighted by atomic mass is 35.5. The molecule has 0 aromatic carbocycles. The molecule has 2 N–H and O–H groups in total. The van der Waals surface area contributed by atoms with Gasteiger partial charge in [0.15, 0.2) is 17.2 Å². The summed E-state index contributed by atoms with van der Waals surface area (Å²) >= 11 is 5.92. The zero-order valence-corrected chi connectivity index (χ0v) is 19.4. The third-order valence-corrected chi connectivity index (χ3v) is 9.91. The highest BCUT2D eigenvalue weighted by Gasteiger charge is 2.76. The van der Waals surface area contributed by atoms with E-state index in [-0.39, 0.29) is 43.1 Å². The largest absolute Gasteiger partial charge is 0.390 e. The van der Waals surface area contributed by atoms with Gasteiger partial charge >= 0.3 is 0 Å². The number of halogens is 2. The molecule has 6 nitrogen and oxygen atoms in total. The third kappa shape index (κ3) is 2.78. The maximum Gasteiger partial charge on any atom is 0.182 e. The molecule has 0 radical (unpaired) electrons. The van der Waals surface area contributed by atoms with Gasteiger partial charge in [-0.25, -0.2) is 4.39 Å². The molecule has 0 aromatic rings. The molecule has 1 saturated heterocycles. The van der Waals surface area contributed by atoms with Gasteiger partial charge in [-0.05, 0) is 44.1 Å². The lowest BCUT2D eigenvalue weighted by atomic mass is 9.44. The van der Waals surface area contributed by atoms with Crippen LogP contribution in [0.4, 0.5) is 4.39 Å². The molecule has 0 spiro atoms. The van der Waals surface area contributed by atoms with Gasteiger partial charge in [-0.1, -0.05) is 19.4 Å². The second-order valence-corrected chi connectivity index (χ2v) is 11.2. The molecule has 0 amide bonds. The lowest BCUT2D eigenvalue weighted by Crippen LogP contribution is -2.70. The molecule has 0 bridgehead atoms. The molecule has 4 aliphatic carbocycles. The number of ketones is 2. The molecule has 32 heavy (non-hydrogen) atoms. The molecule has 0 aromatic heterocycles. The van der Waals surface area contributed by atoms with Crippen LogP contribution in [0.25, 0.3) is 0 Å². The summed E-state index contributed by atoms with van der Waals surface area (Å²) in [7, 11) is 0. The van der Waals surface area contributed by atoms with Gasteiger partial charge < -0.3 is 19.7 Å². The van der Waals surface area contributed by atoms with Gasteiger partial charge in [0, 0.05) is 23.2 Å². The summed E-state index contributed by atoms with van der Waals surface area (Å²) in [4.78, 5) is 25.1. The lowest BCUT2D eigenvalue weighted by Gasteiger charge is -2.63. The Balaban J connectivity index is 1.56. The molecule has 3 saturated carbocycles. The Morgan fingerprint density at radius 2 is 2.06 bits per heavy atom. The van der Waals surface area contributed by atoms with E-state index in [1.807, 2.05) is 6.92 Å². The van der Waals surface area contributed by atoms with Gasteiger partial charge in [-0.3, -0.25) is 9.59 Å². The van der Waals surface area contributed by atoms with E-state index >= 15 is 4.39 Å². The maximum absolute atomic E-state index is 17.2. The first-order valence-corrected chi connectivity index (χ1v) is 12.2. The molecule has 5 rings (SSSR count). The van der Waals surface area contributed by atoms with Gasteiger partial charge in [0.05, 0.1) is 31.3 Å². The van der Waals surface area contributed by atoms with Gasteiger partial charge in [0.2, 0.25) is 0 Å². The summed E-state index contributed by atoms with van der Waals surface area (Å²) in [5, 5.41) is 23.2. The predicted octanol–water partition coefficient (Wildman–Crippen LogP) is 2.51. The molecular weight excluding hydrogens is 439 g/mol. The van der Waals surface area contributed by atoms with E-state index in [9.17, 15) is 19.8 Å². The van der Waals surface area contributed by atoms with Crippen LogP contribution < -0.4 is 0 Å². The van der Waals surface area contributed by atoms with Crippen molar-refractivity contribution in [2.24, 2.45) is 22.7 Å². The number of carbonyl (C=O) groups excluding carboxylic acids is 2. The molecule has 178 valence electrons. The van der Waals surface area contributed by atoms with E-state index in [0.29, 0.717) is 32.3 Å². The van der Waals surface area contributed by atoms with E-state index in [1.54, 1.807) is 13.0 Å². The number of aliphatic hydroxyl groups is 2. The normalized spacial score (nSPS) is 52.0. The number of Topliss-reactive ketones (excluding diaryl/α,β-unsaturated/α-hetero) is 1. The fourth-order valence-electron chi connectivity index (χ4n) is 7.74. The van der Waals surface area contributed by atoms with Crippen molar-refractivity contribution >= 4 is 23.2 Å². The Morgan fingerprint density at radius 1 is 1.34 bits per heavy atom. The minimum Gasteiger partial charge on any atom is -0.390 e. The number of allylic oxidation sites excluding steroid dienone is 1. The second-order valence-electron chi connectivity index (χ2n) is 11.0. The number of fused-ring (bicyclic) bond motifs is 5. The Hall–Kier alpha value is -0.860. The standard InChI is InChI=1S/C24H32ClFO6/c1-21-6-5-14(27)7-13(21)3-4-16-17-8-20(32-12-15-11-31-15)24(30,19(29)10-25)22(17,2)9-18(28)23(16,21)26/h7,15-18,20,28,30H,3-6,8-12H2,1-2H3/t15?,16-,17-,18-,20+,21-,22-,23?,24+/m0/s1. The number of rotatable bonds is 5. The number of hydrogen-bond acceptors (Lipinski definition) is 6. The number of ether oxygens (including phenoxy) is 2. The molecule has 9 atom stereocenters. The smallest absolute Gasteiger partial charge is 0.182 e. The van der Waals surface area contributed by atoms with Crippen LogP contribution in [-0.2, 0) is 19.1 Å². The number of aliphatic hydroxyl groups excluding tert-OH is 1. The summed E-state index contributed by atoms with van der Waals surface area (Å²) in [6.45, 7) is 4.44. The first kappa shape index (κ1) is 22.9. The third-order valence-electron chi connectivity index (χ3n) is 9.67. The minimum absolute atomic E-state index is 0.00775. The predicted molar refractivity (Wildman–Crippen MR) is 114 cm³/mol. The molecule has 8 heteroatoms. The van der Waals surface area contributed by atoms with Crippen molar-refractivity contribution in [1.29, 1.82) is 0 Å². The van der Waals surface area contributed by atoms with Crippen LogP contribution in [0, 0.1) is 22.7 Å². The first-order chi connectivity index (χ1) is 15.0. The van der Waals surface area contributed by atoms with Crippen LogP contribution in [0.3, 0.4) is 0 Å². The highest BCUT2D eigenvalue weighted by Crippen LogP contribution is 2.70. The second kappa shape index (κ2) is 7.32. The van der Waals surface area contributed by atoms with E-state index in [2.05, 4.69) is 0 Å². The van der Waals surface area contributed by atoms with Crippen molar-refractivity contribution in [3.05, 3.63) is 11.6 Å². The fraction of sp³-hybridized carbons (Fsp3) is 0.833. The first-order valence-electron chi connectivity index (χ1n) is 11.7.